The van der Waals surface area contributed by atoms with Gasteiger partial charge in [0.2, 0.25) is 0 Å². The van der Waals surface area contributed by atoms with E-state index in [4.69, 9.17) is 27.9 Å². The molecule has 1 aromatic rings. The van der Waals surface area contributed by atoms with Crippen molar-refractivity contribution in [2.24, 2.45) is 0 Å². The van der Waals surface area contributed by atoms with Gasteiger partial charge in [-0.05, 0) is 38.5 Å². The summed E-state index contributed by atoms with van der Waals surface area (Å²) in [5.74, 6) is -0.504. The van der Waals surface area contributed by atoms with Crippen molar-refractivity contribution in [2.75, 3.05) is 0 Å². The van der Waals surface area contributed by atoms with Crippen molar-refractivity contribution >= 4 is 35.2 Å². The number of hydrogen-bond donors (Lipinski definition) is 2. The molecular weight excluding hydrogens is 327 g/mol. The molecule has 22 heavy (non-hydrogen) atoms. The van der Waals surface area contributed by atoms with E-state index in [-0.39, 0.29) is 6.10 Å². The second-order valence-electron chi connectivity index (χ2n) is 5.19. The molecule has 0 saturated carbocycles. The average Bonchev–Trinajstić information content (AvgIpc) is 2.36. The van der Waals surface area contributed by atoms with Crippen molar-refractivity contribution in [1.82, 2.24) is 10.6 Å². The van der Waals surface area contributed by atoms with Crippen LogP contribution >= 0.6 is 23.2 Å². The molecule has 7 heteroatoms. The third-order valence-corrected chi connectivity index (χ3v) is 3.67. The summed E-state index contributed by atoms with van der Waals surface area (Å²) < 4.78 is 5.25. The predicted molar refractivity (Wildman–Crippen MR) is 84.8 cm³/mol. The van der Waals surface area contributed by atoms with Gasteiger partial charge in [-0.15, -0.1) is 0 Å². The minimum Gasteiger partial charge on any atom is -0.459 e. The monoisotopic (exact) mass is 342 g/mol. The van der Waals surface area contributed by atoms with Crippen LogP contribution in [0.25, 0.3) is 0 Å². The summed E-state index contributed by atoms with van der Waals surface area (Å²) in [5, 5.41) is 6.10. The van der Waals surface area contributed by atoms with E-state index in [0.717, 1.165) is 0 Å². The third kappa shape index (κ3) is 3.54. The van der Waals surface area contributed by atoms with E-state index in [2.05, 4.69) is 10.6 Å². The molecule has 1 aliphatic rings. The van der Waals surface area contributed by atoms with Crippen molar-refractivity contribution in [1.29, 1.82) is 0 Å². The Morgan fingerprint density at radius 2 is 2.00 bits per heavy atom. The van der Waals surface area contributed by atoms with E-state index in [1.165, 1.54) is 0 Å². The van der Waals surface area contributed by atoms with Gasteiger partial charge in [-0.3, -0.25) is 0 Å². The summed E-state index contributed by atoms with van der Waals surface area (Å²) in [6.07, 6.45) is -0.272. The number of rotatable bonds is 3. The van der Waals surface area contributed by atoms with Crippen LogP contribution in [0.4, 0.5) is 4.79 Å². The molecule has 0 radical (unpaired) electrons. The first-order valence-corrected chi connectivity index (χ1v) is 7.49. The van der Waals surface area contributed by atoms with Gasteiger partial charge in [-0.2, -0.15) is 0 Å². The fourth-order valence-electron chi connectivity index (χ4n) is 2.21. The van der Waals surface area contributed by atoms with Gasteiger partial charge in [0.25, 0.3) is 0 Å². The Kier molecular flexibility index (Phi) is 4.98. The first-order chi connectivity index (χ1) is 10.3. The van der Waals surface area contributed by atoms with Gasteiger partial charge < -0.3 is 15.4 Å². The number of esters is 1. The second kappa shape index (κ2) is 6.58. The Bertz CT molecular complexity index is 656. The number of allylic oxidation sites excluding steroid dienone is 1. The fraction of sp³-hybridized carbons (Fsp3) is 0.333. The molecule has 2 amide bonds. The third-order valence-electron chi connectivity index (χ3n) is 3.11. The van der Waals surface area contributed by atoms with Crippen molar-refractivity contribution in [3.8, 4) is 0 Å². The summed E-state index contributed by atoms with van der Waals surface area (Å²) in [4.78, 5) is 24.1. The summed E-state index contributed by atoms with van der Waals surface area (Å²) in [6, 6.07) is 3.79. The normalized spacial score (nSPS) is 18.1. The number of benzene rings is 1. The Hall–Kier alpha value is -1.72. The van der Waals surface area contributed by atoms with Gasteiger partial charge in [-0.25, -0.2) is 9.59 Å². The van der Waals surface area contributed by atoms with Crippen molar-refractivity contribution in [2.45, 2.75) is 32.9 Å². The van der Waals surface area contributed by atoms with Crippen LogP contribution in [0.2, 0.25) is 10.0 Å². The second-order valence-corrected chi connectivity index (χ2v) is 6.03. The SMILES string of the molecule is CC1=C(C(=O)OC(C)C)[C@H](c2ccc(Cl)cc2Cl)NC(=O)N1. The predicted octanol–water partition coefficient (Wildman–Crippen LogP) is 3.57. The number of hydrogen-bond acceptors (Lipinski definition) is 3. The highest BCUT2D eigenvalue weighted by Gasteiger charge is 2.33. The zero-order valence-corrected chi connectivity index (χ0v) is 13.9. The van der Waals surface area contributed by atoms with Gasteiger partial charge in [-0.1, -0.05) is 29.3 Å². The number of carbonyl (C=O) groups is 2. The van der Waals surface area contributed by atoms with Crippen LogP contribution in [0.5, 0.6) is 0 Å². The molecule has 0 saturated heterocycles. The maximum Gasteiger partial charge on any atom is 0.338 e. The lowest BCUT2D eigenvalue weighted by Crippen LogP contribution is -2.45. The quantitative estimate of drug-likeness (QED) is 0.825. The topological polar surface area (TPSA) is 67.4 Å². The standard InChI is InChI=1S/C15H16Cl2N2O3/c1-7(2)22-14(20)12-8(3)18-15(21)19-13(12)10-5-4-9(16)6-11(10)17/h4-7,13H,1-3H3,(H2,18,19,21)/t13-/m0/s1. The molecular formula is C15H16Cl2N2O3. The molecule has 0 aliphatic carbocycles. The van der Waals surface area contributed by atoms with Gasteiger partial charge in [0.15, 0.2) is 0 Å². The molecule has 1 aliphatic heterocycles. The molecule has 0 aromatic heterocycles. The molecule has 1 heterocycles. The summed E-state index contributed by atoms with van der Waals surface area (Å²) in [6.45, 7) is 5.16. The fourth-order valence-corrected chi connectivity index (χ4v) is 2.73. The van der Waals surface area contributed by atoms with E-state index in [1.54, 1.807) is 39.0 Å². The number of amides is 2. The van der Waals surface area contributed by atoms with E-state index in [0.29, 0.717) is 26.9 Å². The van der Waals surface area contributed by atoms with Crippen LogP contribution in [0.15, 0.2) is 29.5 Å². The van der Waals surface area contributed by atoms with E-state index in [1.807, 2.05) is 0 Å². The zero-order valence-electron chi connectivity index (χ0n) is 12.4. The Morgan fingerprint density at radius 3 is 2.59 bits per heavy atom. The summed E-state index contributed by atoms with van der Waals surface area (Å²) in [7, 11) is 0. The molecule has 0 fully saturated rings. The minimum absolute atomic E-state index is 0.272. The number of carbonyl (C=O) groups excluding carboxylic acids is 2. The first kappa shape index (κ1) is 16.6. The molecule has 2 rings (SSSR count). The maximum atomic E-state index is 12.3. The Balaban J connectivity index is 2.48. The van der Waals surface area contributed by atoms with E-state index in [9.17, 15) is 9.59 Å². The molecule has 118 valence electrons. The first-order valence-electron chi connectivity index (χ1n) is 6.73. The maximum absolute atomic E-state index is 12.3. The summed E-state index contributed by atoms with van der Waals surface area (Å²) >= 11 is 12.1. The van der Waals surface area contributed by atoms with Crippen molar-refractivity contribution in [3.63, 3.8) is 0 Å². The number of urea groups is 1. The largest absolute Gasteiger partial charge is 0.459 e. The van der Waals surface area contributed by atoms with Crippen LogP contribution in [-0.2, 0) is 9.53 Å². The van der Waals surface area contributed by atoms with Crippen LogP contribution in [-0.4, -0.2) is 18.1 Å². The minimum atomic E-state index is -0.690. The van der Waals surface area contributed by atoms with E-state index >= 15 is 0 Å². The molecule has 0 unspecified atom stereocenters. The lowest BCUT2D eigenvalue weighted by atomic mass is 9.95. The molecule has 0 bridgehead atoms. The lowest BCUT2D eigenvalue weighted by Gasteiger charge is -2.29. The number of ether oxygens (including phenoxy) is 1. The van der Waals surface area contributed by atoms with Gasteiger partial charge in [0.1, 0.15) is 0 Å². The van der Waals surface area contributed by atoms with Crippen molar-refractivity contribution < 1.29 is 14.3 Å². The highest BCUT2D eigenvalue weighted by Crippen LogP contribution is 2.33. The highest BCUT2D eigenvalue weighted by molar-refractivity contribution is 6.35. The van der Waals surface area contributed by atoms with E-state index < -0.39 is 18.0 Å². The van der Waals surface area contributed by atoms with Gasteiger partial charge in [0.05, 0.1) is 17.7 Å². The Labute approximate surface area is 138 Å². The van der Waals surface area contributed by atoms with Gasteiger partial charge in [0, 0.05) is 15.7 Å². The molecule has 1 aromatic carbocycles. The van der Waals surface area contributed by atoms with Crippen molar-refractivity contribution in [3.05, 3.63) is 45.1 Å². The molecule has 0 spiro atoms. The average molecular weight is 343 g/mol. The zero-order chi connectivity index (χ0) is 16.4. The molecule has 1 atom stereocenters. The van der Waals surface area contributed by atoms with Gasteiger partial charge >= 0.3 is 12.0 Å². The number of nitrogens with one attached hydrogen (secondary N) is 2. The van der Waals surface area contributed by atoms with Crippen LogP contribution < -0.4 is 10.6 Å². The van der Waals surface area contributed by atoms with Crippen LogP contribution in [0.3, 0.4) is 0 Å². The Morgan fingerprint density at radius 1 is 1.32 bits per heavy atom. The smallest absolute Gasteiger partial charge is 0.338 e. The lowest BCUT2D eigenvalue weighted by molar-refractivity contribution is -0.143. The molecule has 2 N–H and O–H groups in total. The number of halogens is 2. The van der Waals surface area contributed by atoms with Crippen LogP contribution in [0, 0.1) is 0 Å². The highest BCUT2D eigenvalue weighted by atomic mass is 35.5. The molecule has 5 nitrogen and oxygen atoms in total. The van der Waals surface area contributed by atoms with Crippen LogP contribution in [0.1, 0.15) is 32.4 Å². The summed E-state index contributed by atoms with van der Waals surface area (Å²) in [5.41, 5.74) is 1.33.